The Kier molecular flexibility index (Phi) is 3.14. The predicted molar refractivity (Wildman–Crippen MR) is 79.3 cm³/mol. The van der Waals surface area contributed by atoms with Crippen LogP contribution < -0.4 is 0 Å². The average Bonchev–Trinajstić information content (AvgIpc) is 2.79. The molecule has 0 spiro atoms. The van der Waals surface area contributed by atoms with Crippen LogP contribution in [0.25, 0.3) is 10.9 Å². The molecule has 0 bridgehead atoms. The Hall–Kier alpha value is -1.28. The van der Waals surface area contributed by atoms with Crippen LogP contribution in [-0.2, 0) is 5.60 Å². The van der Waals surface area contributed by atoms with Crippen LogP contribution >= 0.6 is 0 Å². The largest absolute Gasteiger partial charge is 0.384 e. The summed E-state index contributed by atoms with van der Waals surface area (Å²) in [5, 5.41) is 11.7. The van der Waals surface area contributed by atoms with Crippen LogP contribution in [0.1, 0.15) is 57.7 Å². The number of para-hydroxylation sites is 1. The Balaban J connectivity index is 2.18. The third-order valence-electron chi connectivity index (χ3n) is 4.31. The van der Waals surface area contributed by atoms with Crippen molar-refractivity contribution in [1.29, 1.82) is 0 Å². The van der Waals surface area contributed by atoms with Gasteiger partial charge in [0.15, 0.2) is 0 Å². The molecule has 1 aromatic heterocycles. The van der Waals surface area contributed by atoms with Crippen molar-refractivity contribution in [1.82, 2.24) is 4.57 Å². The van der Waals surface area contributed by atoms with E-state index in [9.17, 15) is 5.11 Å². The molecule has 2 nitrogen and oxygen atoms in total. The van der Waals surface area contributed by atoms with Gasteiger partial charge in [-0.15, -0.1) is 0 Å². The summed E-state index contributed by atoms with van der Waals surface area (Å²) in [5.41, 5.74) is 1.54. The third kappa shape index (κ3) is 2.30. The second-order valence-electron chi connectivity index (χ2n) is 6.31. The fourth-order valence-electron chi connectivity index (χ4n) is 3.38. The van der Waals surface area contributed by atoms with Gasteiger partial charge in [0.05, 0.1) is 11.3 Å². The summed E-state index contributed by atoms with van der Waals surface area (Å²) in [6.07, 6.45) is 6.45. The molecule has 1 N–H and O–H groups in total. The Labute approximate surface area is 115 Å². The summed E-state index contributed by atoms with van der Waals surface area (Å²) in [4.78, 5) is 0. The van der Waals surface area contributed by atoms with Crippen molar-refractivity contribution in [3.8, 4) is 0 Å². The molecule has 0 radical (unpaired) electrons. The van der Waals surface area contributed by atoms with Crippen molar-refractivity contribution in [3.05, 3.63) is 36.0 Å². The molecule has 1 heterocycles. The summed E-state index contributed by atoms with van der Waals surface area (Å²) in [6.45, 7) is 3.78. The topological polar surface area (TPSA) is 25.2 Å². The Morgan fingerprint density at radius 3 is 2.47 bits per heavy atom. The number of hydrogen-bond acceptors (Lipinski definition) is 1. The van der Waals surface area contributed by atoms with Gasteiger partial charge >= 0.3 is 0 Å². The molecule has 1 aromatic carbocycles. The third-order valence-corrected chi connectivity index (χ3v) is 4.31. The highest BCUT2D eigenvalue weighted by atomic mass is 16.3. The lowest BCUT2D eigenvalue weighted by molar-refractivity contribution is 0.0674. The average molecular weight is 257 g/mol. The molecule has 102 valence electrons. The zero-order valence-corrected chi connectivity index (χ0v) is 11.9. The normalized spacial score (nSPS) is 18.1. The number of aromatic nitrogens is 1. The van der Waals surface area contributed by atoms with Crippen LogP contribution in [-0.4, -0.2) is 9.67 Å². The van der Waals surface area contributed by atoms with Crippen molar-refractivity contribution in [2.24, 2.45) is 0 Å². The summed E-state index contributed by atoms with van der Waals surface area (Å²) in [5.74, 6) is 0. The maximum absolute atomic E-state index is 10.5. The number of benzene rings is 1. The fraction of sp³-hybridized carbons (Fsp3) is 0.529. The highest BCUT2D eigenvalue weighted by molar-refractivity contribution is 5.81. The first-order chi connectivity index (χ1) is 9.07. The predicted octanol–water partition coefficient (Wildman–Crippen LogP) is 4.37. The van der Waals surface area contributed by atoms with E-state index in [1.165, 1.54) is 43.0 Å². The van der Waals surface area contributed by atoms with E-state index < -0.39 is 5.60 Å². The first-order valence-electron chi connectivity index (χ1n) is 7.40. The van der Waals surface area contributed by atoms with E-state index in [4.69, 9.17) is 0 Å². The van der Waals surface area contributed by atoms with Gasteiger partial charge < -0.3 is 9.67 Å². The standard InChI is InChI=1S/C17H23NO/c1-17(2,19)16-12-13-8-6-7-11-15(13)18(16)14-9-4-3-5-10-14/h6-8,11-12,14,19H,3-5,9-10H2,1-2H3. The smallest absolute Gasteiger partial charge is 0.0989 e. The first kappa shape index (κ1) is 12.7. The molecule has 2 heteroatoms. The molecule has 0 atom stereocenters. The van der Waals surface area contributed by atoms with E-state index in [-0.39, 0.29) is 0 Å². The van der Waals surface area contributed by atoms with Crippen molar-refractivity contribution in [2.45, 2.75) is 57.6 Å². The number of rotatable bonds is 2. The van der Waals surface area contributed by atoms with Crippen LogP contribution in [0.4, 0.5) is 0 Å². The molecule has 0 saturated heterocycles. The van der Waals surface area contributed by atoms with Gasteiger partial charge in [0.25, 0.3) is 0 Å². The quantitative estimate of drug-likeness (QED) is 0.849. The highest BCUT2D eigenvalue weighted by Crippen LogP contribution is 2.36. The molecule has 0 amide bonds. The van der Waals surface area contributed by atoms with Gasteiger partial charge in [-0.05, 0) is 44.2 Å². The van der Waals surface area contributed by atoms with E-state index >= 15 is 0 Å². The SMILES string of the molecule is CC(C)(O)c1cc2ccccc2n1C1CCCCC1. The molecule has 1 saturated carbocycles. The highest BCUT2D eigenvalue weighted by Gasteiger charge is 2.27. The van der Waals surface area contributed by atoms with Crippen molar-refractivity contribution in [2.75, 3.05) is 0 Å². The lowest BCUT2D eigenvalue weighted by Gasteiger charge is -2.30. The van der Waals surface area contributed by atoms with Gasteiger partial charge in [-0.3, -0.25) is 0 Å². The van der Waals surface area contributed by atoms with Crippen LogP contribution in [0, 0.1) is 0 Å². The van der Waals surface area contributed by atoms with Gasteiger partial charge in [0, 0.05) is 11.6 Å². The van der Waals surface area contributed by atoms with Gasteiger partial charge in [0.1, 0.15) is 0 Å². The summed E-state index contributed by atoms with van der Waals surface area (Å²) < 4.78 is 2.40. The lowest BCUT2D eigenvalue weighted by Crippen LogP contribution is -2.24. The molecule has 0 unspecified atom stereocenters. The zero-order valence-electron chi connectivity index (χ0n) is 11.9. The molecule has 3 rings (SSSR count). The minimum Gasteiger partial charge on any atom is -0.384 e. The van der Waals surface area contributed by atoms with Gasteiger partial charge in [-0.25, -0.2) is 0 Å². The summed E-state index contributed by atoms with van der Waals surface area (Å²) in [6, 6.07) is 11.2. The summed E-state index contributed by atoms with van der Waals surface area (Å²) >= 11 is 0. The van der Waals surface area contributed by atoms with E-state index in [0.29, 0.717) is 6.04 Å². The maximum atomic E-state index is 10.5. The fourth-order valence-corrected chi connectivity index (χ4v) is 3.38. The minimum atomic E-state index is -0.781. The van der Waals surface area contributed by atoms with E-state index in [0.717, 1.165) is 5.69 Å². The number of nitrogens with zero attached hydrogens (tertiary/aromatic N) is 1. The van der Waals surface area contributed by atoms with Crippen molar-refractivity contribution in [3.63, 3.8) is 0 Å². The Bertz CT molecular complexity index is 570. The van der Waals surface area contributed by atoms with Gasteiger partial charge in [0.2, 0.25) is 0 Å². The molecular formula is C17H23NO. The molecule has 19 heavy (non-hydrogen) atoms. The molecule has 1 fully saturated rings. The molecule has 1 aliphatic carbocycles. The first-order valence-corrected chi connectivity index (χ1v) is 7.40. The van der Waals surface area contributed by atoms with Crippen LogP contribution in [0.5, 0.6) is 0 Å². The van der Waals surface area contributed by atoms with Crippen molar-refractivity contribution >= 4 is 10.9 Å². The second kappa shape index (κ2) is 4.68. The van der Waals surface area contributed by atoms with Crippen LogP contribution in [0.2, 0.25) is 0 Å². The van der Waals surface area contributed by atoms with Gasteiger partial charge in [-0.2, -0.15) is 0 Å². The zero-order chi connectivity index (χ0) is 13.5. The number of fused-ring (bicyclic) bond motifs is 1. The maximum Gasteiger partial charge on any atom is 0.0989 e. The van der Waals surface area contributed by atoms with Crippen LogP contribution in [0.3, 0.4) is 0 Å². The van der Waals surface area contributed by atoms with Gasteiger partial charge in [-0.1, -0.05) is 37.5 Å². The molecule has 0 aliphatic heterocycles. The summed E-state index contributed by atoms with van der Waals surface area (Å²) in [7, 11) is 0. The Morgan fingerprint density at radius 1 is 1.11 bits per heavy atom. The Morgan fingerprint density at radius 2 is 1.79 bits per heavy atom. The molecular weight excluding hydrogens is 234 g/mol. The minimum absolute atomic E-state index is 0.551. The molecule has 1 aliphatic rings. The number of aliphatic hydroxyl groups is 1. The van der Waals surface area contributed by atoms with E-state index in [2.05, 4.69) is 34.9 Å². The lowest BCUT2D eigenvalue weighted by atomic mass is 9.94. The number of hydrogen-bond donors (Lipinski definition) is 1. The van der Waals surface area contributed by atoms with Crippen LogP contribution in [0.15, 0.2) is 30.3 Å². The monoisotopic (exact) mass is 257 g/mol. The van der Waals surface area contributed by atoms with E-state index in [1.807, 2.05) is 13.8 Å². The molecule has 2 aromatic rings. The second-order valence-corrected chi connectivity index (χ2v) is 6.31. The van der Waals surface area contributed by atoms with Crippen molar-refractivity contribution < 1.29 is 5.11 Å². The van der Waals surface area contributed by atoms with E-state index in [1.54, 1.807) is 0 Å².